The second-order valence-corrected chi connectivity index (χ2v) is 20.2. The number of rotatable bonds is 50. The van der Waals surface area contributed by atoms with E-state index in [1.807, 2.05) is 0 Å². The van der Waals surface area contributed by atoms with Crippen molar-refractivity contribution in [2.75, 3.05) is 13.2 Å². The summed E-state index contributed by atoms with van der Waals surface area (Å²) in [6, 6.07) is 0. The van der Waals surface area contributed by atoms with Gasteiger partial charge in [-0.1, -0.05) is 221 Å². The number of hydrogen-bond acceptors (Lipinski definition) is 11. The Hall–Kier alpha value is -4.36. The van der Waals surface area contributed by atoms with Crippen LogP contribution in [-0.4, -0.2) is 89.2 Å². The van der Waals surface area contributed by atoms with Crippen molar-refractivity contribution in [3.8, 4) is 0 Å². The quantitative estimate of drug-likeness (QED) is 0.0228. The van der Waals surface area contributed by atoms with Gasteiger partial charge in [-0.25, -0.2) is 4.79 Å². The van der Waals surface area contributed by atoms with E-state index in [2.05, 4.69) is 118 Å². The van der Waals surface area contributed by atoms with Gasteiger partial charge in [-0.3, -0.25) is 14.4 Å². The number of unbranched alkanes of at least 4 members (excludes halogenated alkanes) is 20. The molecule has 0 radical (unpaired) electrons. The number of carboxylic acids is 1. The number of carbonyl (C=O) groups excluding carboxylic acids is 3. The molecule has 438 valence electrons. The van der Waals surface area contributed by atoms with Crippen LogP contribution < -0.4 is 0 Å². The number of aliphatic hydroxyl groups is 2. The van der Waals surface area contributed by atoms with Crippen LogP contribution in [0.25, 0.3) is 0 Å². The highest BCUT2D eigenvalue weighted by Crippen LogP contribution is 2.26. The number of hydrogen-bond donors (Lipinski definition) is 3. The van der Waals surface area contributed by atoms with Gasteiger partial charge in [0.05, 0.1) is 6.61 Å². The van der Waals surface area contributed by atoms with Crippen molar-refractivity contribution in [3.05, 3.63) is 97.2 Å². The van der Waals surface area contributed by atoms with Crippen LogP contribution in [-0.2, 0) is 42.9 Å². The zero-order chi connectivity index (χ0) is 56.1. The first-order chi connectivity index (χ1) is 37.6. The zero-order valence-corrected chi connectivity index (χ0v) is 48.2. The molecular weight excluding hydrogens is 973 g/mol. The van der Waals surface area contributed by atoms with Gasteiger partial charge in [-0.2, -0.15) is 0 Å². The van der Waals surface area contributed by atoms with E-state index in [1.54, 1.807) is 0 Å². The average molecular weight is 1080 g/mol. The lowest BCUT2D eigenvalue weighted by Gasteiger charge is -2.40. The molecule has 0 spiro atoms. The van der Waals surface area contributed by atoms with E-state index in [9.17, 15) is 34.5 Å². The molecule has 0 bridgehead atoms. The fourth-order valence-corrected chi connectivity index (χ4v) is 8.58. The van der Waals surface area contributed by atoms with E-state index in [1.165, 1.54) is 64.2 Å². The van der Waals surface area contributed by atoms with Crippen molar-refractivity contribution in [3.63, 3.8) is 0 Å². The van der Waals surface area contributed by atoms with Crippen LogP contribution in [0, 0.1) is 0 Å². The van der Waals surface area contributed by atoms with E-state index in [0.29, 0.717) is 19.3 Å². The molecule has 1 rings (SSSR count). The van der Waals surface area contributed by atoms with Crippen molar-refractivity contribution < 1.29 is 58.2 Å². The van der Waals surface area contributed by atoms with Crippen molar-refractivity contribution in [2.45, 2.75) is 276 Å². The molecule has 6 unspecified atom stereocenters. The summed E-state index contributed by atoms with van der Waals surface area (Å²) < 4.78 is 28.4. The molecule has 0 aromatic carbocycles. The maximum atomic E-state index is 13.1. The molecule has 1 fully saturated rings. The Morgan fingerprint density at radius 2 is 0.818 bits per heavy atom. The highest BCUT2D eigenvalue weighted by atomic mass is 16.7. The molecule has 1 aliphatic heterocycles. The maximum absolute atomic E-state index is 13.1. The van der Waals surface area contributed by atoms with Gasteiger partial charge in [0, 0.05) is 19.3 Å². The zero-order valence-electron chi connectivity index (χ0n) is 48.2. The van der Waals surface area contributed by atoms with Crippen molar-refractivity contribution in [1.29, 1.82) is 0 Å². The van der Waals surface area contributed by atoms with Crippen molar-refractivity contribution in [2.24, 2.45) is 0 Å². The highest BCUT2D eigenvalue weighted by molar-refractivity contribution is 5.74. The monoisotopic (exact) mass is 1080 g/mol. The van der Waals surface area contributed by atoms with E-state index in [0.717, 1.165) is 116 Å². The molecule has 1 heterocycles. The molecule has 0 amide bonds. The average Bonchev–Trinajstić information content (AvgIpc) is 3.42. The van der Waals surface area contributed by atoms with Gasteiger partial charge in [-0.15, -0.1) is 0 Å². The number of allylic oxidation sites excluding steroid dienone is 16. The number of aliphatic carboxylic acids is 1. The molecule has 3 N–H and O–H groups in total. The van der Waals surface area contributed by atoms with Gasteiger partial charge < -0.3 is 39.0 Å². The van der Waals surface area contributed by atoms with Crippen LogP contribution in [0.1, 0.15) is 239 Å². The molecule has 77 heavy (non-hydrogen) atoms. The predicted molar refractivity (Wildman–Crippen MR) is 312 cm³/mol. The standard InChI is InChI=1S/C65H106O12/c1-4-7-10-13-16-19-22-25-28-29-32-33-36-39-42-45-48-51-57(66)73-54-56(75-58(67)52-49-46-43-40-37-34-30-26-23-20-17-14-11-8-5-2)55-74-65-63(61(70)60(69)62(77-65)64(71)72)76-59(68)53-50-47-44-41-38-35-31-27-24-21-18-15-12-9-6-3/h7-8,10-11,16-17,19-20,25-26,28,30,32-33,37,40,56,60-63,65,69-70H,4-6,9,12-15,18,21-24,27,29,31,34-36,38-39,41-55H2,1-3H3,(H,71,72)/b10-7-,11-8-,19-16-,20-17-,28-25-,30-26-,33-32-,40-37-. The van der Waals surface area contributed by atoms with Crippen LogP contribution in [0.4, 0.5) is 0 Å². The molecule has 12 heteroatoms. The summed E-state index contributed by atoms with van der Waals surface area (Å²) in [5.74, 6) is -3.21. The summed E-state index contributed by atoms with van der Waals surface area (Å²) in [5.41, 5.74) is 0. The van der Waals surface area contributed by atoms with E-state index in [-0.39, 0.29) is 25.9 Å². The topological polar surface area (TPSA) is 175 Å². The second-order valence-electron chi connectivity index (χ2n) is 20.2. The Bertz CT molecular complexity index is 1710. The lowest BCUT2D eigenvalue weighted by Crippen LogP contribution is -2.61. The lowest BCUT2D eigenvalue weighted by atomic mass is 9.98. The second kappa shape index (κ2) is 52.3. The summed E-state index contributed by atoms with van der Waals surface area (Å²) in [4.78, 5) is 51.2. The number of aliphatic hydroxyl groups excluding tert-OH is 2. The summed E-state index contributed by atoms with van der Waals surface area (Å²) in [6.07, 6.45) is 56.6. The van der Waals surface area contributed by atoms with Crippen molar-refractivity contribution in [1.82, 2.24) is 0 Å². The normalized spacial score (nSPS) is 18.7. The largest absolute Gasteiger partial charge is 0.479 e. The molecule has 0 aliphatic carbocycles. The first-order valence-corrected chi connectivity index (χ1v) is 30.2. The summed E-state index contributed by atoms with van der Waals surface area (Å²) >= 11 is 0. The van der Waals surface area contributed by atoms with E-state index >= 15 is 0 Å². The third-order valence-electron chi connectivity index (χ3n) is 13.2. The van der Waals surface area contributed by atoms with Crippen LogP contribution >= 0.6 is 0 Å². The molecule has 0 aromatic heterocycles. The van der Waals surface area contributed by atoms with Gasteiger partial charge in [0.1, 0.15) is 18.8 Å². The minimum absolute atomic E-state index is 0.0520. The fourth-order valence-electron chi connectivity index (χ4n) is 8.58. The van der Waals surface area contributed by atoms with Gasteiger partial charge in [-0.05, 0) is 96.3 Å². The van der Waals surface area contributed by atoms with Crippen LogP contribution in [0.2, 0.25) is 0 Å². The Balaban J connectivity index is 2.73. The minimum atomic E-state index is -1.91. The first-order valence-electron chi connectivity index (χ1n) is 30.2. The molecule has 0 aromatic rings. The van der Waals surface area contributed by atoms with Gasteiger partial charge in [0.25, 0.3) is 0 Å². The minimum Gasteiger partial charge on any atom is -0.479 e. The van der Waals surface area contributed by atoms with Crippen molar-refractivity contribution >= 4 is 23.9 Å². The third kappa shape index (κ3) is 42.3. The fraction of sp³-hybridized carbons (Fsp3) is 0.692. The summed E-state index contributed by atoms with van der Waals surface area (Å²) in [5, 5.41) is 31.5. The maximum Gasteiger partial charge on any atom is 0.335 e. The van der Waals surface area contributed by atoms with Crippen LogP contribution in [0.15, 0.2) is 97.2 Å². The van der Waals surface area contributed by atoms with Crippen LogP contribution in [0.3, 0.4) is 0 Å². The van der Waals surface area contributed by atoms with Gasteiger partial charge >= 0.3 is 23.9 Å². The van der Waals surface area contributed by atoms with Gasteiger partial charge in [0.15, 0.2) is 24.6 Å². The summed E-state index contributed by atoms with van der Waals surface area (Å²) in [7, 11) is 0. The van der Waals surface area contributed by atoms with E-state index < -0.39 is 67.3 Å². The molecular formula is C65H106O12. The Labute approximate surface area is 466 Å². The third-order valence-corrected chi connectivity index (χ3v) is 13.2. The number of esters is 3. The molecule has 12 nitrogen and oxygen atoms in total. The summed E-state index contributed by atoms with van der Waals surface area (Å²) in [6.45, 7) is 5.71. The highest BCUT2D eigenvalue weighted by Gasteiger charge is 2.50. The van der Waals surface area contributed by atoms with E-state index in [4.69, 9.17) is 23.7 Å². The predicted octanol–water partition coefficient (Wildman–Crippen LogP) is 15.7. The molecule has 1 aliphatic rings. The number of ether oxygens (including phenoxy) is 5. The smallest absolute Gasteiger partial charge is 0.335 e. The Morgan fingerprint density at radius 3 is 1.27 bits per heavy atom. The number of carboxylic acid groups (broad SMARTS) is 1. The number of carbonyl (C=O) groups is 4. The SMILES string of the molecule is CC/C=C\C/C=C\C/C=C\C/C=C\CCCCCCC(=O)OCC(COC1OC(C(=O)O)C(O)C(O)C1OC(=O)CCCCCCCCCCCCCCCCC)OC(=O)CCCC/C=C\C/C=C\C/C=C\C/C=C\CC. The van der Waals surface area contributed by atoms with Crippen LogP contribution in [0.5, 0.6) is 0 Å². The first kappa shape index (κ1) is 70.7. The molecule has 0 saturated carbocycles. The van der Waals surface area contributed by atoms with Gasteiger partial charge in [0.2, 0.25) is 0 Å². The lowest BCUT2D eigenvalue weighted by molar-refractivity contribution is -0.301. The molecule has 1 saturated heterocycles. The Kier molecular flexibility index (Phi) is 48.0. The molecule has 6 atom stereocenters. The Morgan fingerprint density at radius 1 is 0.442 bits per heavy atom.